The van der Waals surface area contributed by atoms with E-state index in [4.69, 9.17) is 4.74 Å². The molecule has 1 N–H and O–H groups in total. The van der Waals surface area contributed by atoms with E-state index in [1.165, 1.54) is 6.26 Å². The summed E-state index contributed by atoms with van der Waals surface area (Å²) in [5, 5.41) is 3.13. The number of nitrogens with one attached hydrogen (secondary N) is 1. The van der Waals surface area contributed by atoms with Crippen LogP contribution < -0.4 is 10.1 Å². The Hall–Kier alpha value is -1.07. The lowest BCUT2D eigenvalue weighted by molar-refractivity contribution is 0.334. The molecule has 0 aromatic heterocycles. The van der Waals surface area contributed by atoms with Crippen LogP contribution in [0.3, 0.4) is 0 Å². The van der Waals surface area contributed by atoms with Gasteiger partial charge in [0.25, 0.3) is 0 Å². The van der Waals surface area contributed by atoms with E-state index >= 15 is 0 Å². The van der Waals surface area contributed by atoms with Gasteiger partial charge < -0.3 is 10.1 Å². The van der Waals surface area contributed by atoms with Crippen LogP contribution >= 0.6 is 0 Å². The maximum Gasteiger partial charge on any atom is 0.150 e. The molecule has 0 saturated heterocycles. The zero-order valence-corrected chi connectivity index (χ0v) is 11.3. The van der Waals surface area contributed by atoms with Gasteiger partial charge in [0.2, 0.25) is 0 Å². The van der Waals surface area contributed by atoms with Crippen molar-refractivity contribution < 1.29 is 13.2 Å². The van der Waals surface area contributed by atoms with Crippen LogP contribution in [-0.4, -0.2) is 34.1 Å². The SMILES string of the molecule is CNC(C)c1ccccc1OCCS(C)(=O)=O. The first-order chi connectivity index (χ1) is 7.94. The average molecular weight is 257 g/mol. The summed E-state index contributed by atoms with van der Waals surface area (Å²) >= 11 is 0. The van der Waals surface area contributed by atoms with Gasteiger partial charge in [-0.2, -0.15) is 0 Å². The van der Waals surface area contributed by atoms with E-state index < -0.39 is 9.84 Å². The summed E-state index contributed by atoms with van der Waals surface area (Å²) in [5.41, 5.74) is 1.03. The number of sulfone groups is 1. The maximum atomic E-state index is 11.0. The summed E-state index contributed by atoms with van der Waals surface area (Å²) in [6.45, 7) is 2.21. The molecule has 0 spiro atoms. The molecule has 0 bridgehead atoms. The number of para-hydroxylation sites is 1. The Balaban J connectivity index is 2.70. The Labute approximate surface area is 103 Å². The number of rotatable bonds is 6. The highest BCUT2D eigenvalue weighted by atomic mass is 32.2. The molecule has 1 aromatic rings. The van der Waals surface area contributed by atoms with E-state index in [1.807, 2.05) is 38.2 Å². The van der Waals surface area contributed by atoms with Crippen LogP contribution in [0, 0.1) is 0 Å². The standard InChI is InChI=1S/C12H19NO3S/c1-10(13-2)11-6-4-5-7-12(11)16-8-9-17(3,14)15/h4-7,10,13H,8-9H2,1-3H3. The highest BCUT2D eigenvalue weighted by molar-refractivity contribution is 7.90. The quantitative estimate of drug-likeness (QED) is 0.836. The van der Waals surface area contributed by atoms with Gasteiger partial charge in [-0.25, -0.2) is 8.42 Å². The van der Waals surface area contributed by atoms with Gasteiger partial charge in [-0.05, 0) is 20.0 Å². The third kappa shape index (κ3) is 4.75. The molecule has 0 saturated carbocycles. The van der Waals surface area contributed by atoms with Gasteiger partial charge in [-0.3, -0.25) is 0 Å². The molecule has 1 rings (SSSR count). The summed E-state index contributed by atoms with van der Waals surface area (Å²) in [5.74, 6) is 0.771. The van der Waals surface area contributed by atoms with Gasteiger partial charge in [0.15, 0.2) is 9.84 Å². The van der Waals surface area contributed by atoms with Crippen LogP contribution in [-0.2, 0) is 9.84 Å². The Kier molecular flexibility index (Phi) is 4.96. The summed E-state index contributed by atoms with van der Waals surface area (Å²) in [7, 11) is -1.10. The first-order valence-corrected chi connectivity index (χ1v) is 7.57. The van der Waals surface area contributed by atoms with Crippen molar-refractivity contribution in [3.8, 4) is 5.75 Å². The number of hydrogen-bond donors (Lipinski definition) is 1. The zero-order chi connectivity index (χ0) is 12.9. The lowest BCUT2D eigenvalue weighted by atomic mass is 10.1. The van der Waals surface area contributed by atoms with Gasteiger partial charge >= 0.3 is 0 Å². The van der Waals surface area contributed by atoms with Crippen LogP contribution in [0.5, 0.6) is 5.75 Å². The fraction of sp³-hybridized carbons (Fsp3) is 0.500. The molecular weight excluding hydrogens is 238 g/mol. The third-order valence-corrected chi connectivity index (χ3v) is 3.44. The molecule has 5 heteroatoms. The molecule has 0 radical (unpaired) electrons. The summed E-state index contributed by atoms with van der Waals surface area (Å²) in [6.07, 6.45) is 1.21. The van der Waals surface area contributed by atoms with Gasteiger partial charge in [-0.1, -0.05) is 18.2 Å². The minimum absolute atomic E-state index is 0.0370. The van der Waals surface area contributed by atoms with E-state index in [0.29, 0.717) is 0 Å². The van der Waals surface area contributed by atoms with E-state index in [1.54, 1.807) is 0 Å². The molecular formula is C12H19NO3S. The van der Waals surface area contributed by atoms with Gasteiger partial charge in [0, 0.05) is 17.9 Å². The predicted molar refractivity (Wildman–Crippen MR) is 69.1 cm³/mol. The average Bonchev–Trinajstić information content (AvgIpc) is 2.27. The number of benzene rings is 1. The second-order valence-electron chi connectivity index (χ2n) is 4.03. The van der Waals surface area contributed by atoms with E-state index in [2.05, 4.69) is 5.32 Å². The smallest absolute Gasteiger partial charge is 0.150 e. The fourth-order valence-electron chi connectivity index (χ4n) is 1.43. The molecule has 0 aliphatic heterocycles. The van der Waals surface area contributed by atoms with Crippen molar-refractivity contribution in [3.63, 3.8) is 0 Å². The molecule has 0 aliphatic rings. The third-order valence-electron chi connectivity index (χ3n) is 2.53. The van der Waals surface area contributed by atoms with E-state index in [0.717, 1.165) is 11.3 Å². The van der Waals surface area contributed by atoms with Crippen molar-refractivity contribution in [1.82, 2.24) is 5.32 Å². The number of hydrogen-bond acceptors (Lipinski definition) is 4. The molecule has 0 heterocycles. The van der Waals surface area contributed by atoms with Crippen LogP contribution in [0.1, 0.15) is 18.5 Å². The first kappa shape index (κ1) is 14.0. The second kappa shape index (κ2) is 6.02. The molecule has 96 valence electrons. The lowest BCUT2D eigenvalue weighted by Crippen LogP contribution is -2.16. The van der Waals surface area contributed by atoms with Gasteiger partial charge in [0.05, 0.1) is 5.75 Å². The van der Waals surface area contributed by atoms with Crippen LogP contribution in [0.15, 0.2) is 24.3 Å². The van der Waals surface area contributed by atoms with Crippen molar-refractivity contribution in [3.05, 3.63) is 29.8 Å². The lowest BCUT2D eigenvalue weighted by Gasteiger charge is -2.16. The Morgan fingerprint density at radius 1 is 1.35 bits per heavy atom. The van der Waals surface area contributed by atoms with E-state index in [-0.39, 0.29) is 18.4 Å². The summed E-state index contributed by atoms with van der Waals surface area (Å²) < 4.78 is 27.5. The molecule has 0 amide bonds. The van der Waals surface area contributed by atoms with Crippen molar-refractivity contribution in [1.29, 1.82) is 0 Å². The number of ether oxygens (including phenoxy) is 1. The highest BCUT2D eigenvalue weighted by Gasteiger charge is 2.10. The van der Waals surface area contributed by atoms with Crippen LogP contribution in [0.4, 0.5) is 0 Å². The maximum absolute atomic E-state index is 11.0. The normalized spacial score (nSPS) is 13.4. The molecule has 1 atom stereocenters. The summed E-state index contributed by atoms with van der Waals surface area (Å²) in [6, 6.07) is 7.81. The summed E-state index contributed by atoms with van der Waals surface area (Å²) in [4.78, 5) is 0. The second-order valence-corrected chi connectivity index (χ2v) is 6.29. The molecule has 4 nitrogen and oxygen atoms in total. The van der Waals surface area contributed by atoms with Crippen molar-refractivity contribution in [2.75, 3.05) is 25.7 Å². The van der Waals surface area contributed by atoms with Gasteiger partial charge in [-0.15, -0.1) is 0 Å². The topological polar surface area (TPSA) is 55.4 Å². The molecule has 17 heavy (non-hydrogen) atoms. The van der Waals surface area contributed by atoms with Crippen LogP contribution in [0.2, 0.25) is 0 Å². The Morgan fingerprint density at radius 3 is 2.59 bits per heavy atom. The molecule has 0 fully saturated rings. The van der Waals surface area contributed by atoms with E-state index in [9.17, 15) is 8.42 Å². The minimum atomic E-state index is -2.97. The Bertz CT molecular complexity index is 457. The Morgan fingerprint density at radius 2 is 2.00 bits per heavy atom. The molecule has 1 aromatic carbocycles. The minimum Gasteiger partial charge on any atom is -0.492 e. The van der Waals surface area contributed by atoms with Crippen molar-refractivity contribution in [2.24, 2.45) is 0 Å². The molecule has 0 aliphatic carbocycles. The highest BCUT2D eigenvalue weighted by Crippen LogP contribution is 2.24. The largest absolute Gasteiger partial charge is 0.492 e. The predicted octanol–water partition coefficient (Wildman–Crippen LogP) is 1.39. The zero-order valence-electron chi connectivity index (χ0n) is 10.4. The van der Waals surface area contributed by atoms with Crippen LogP contribution in [0.25, 0.3) is 0 Å². The monoisotopic (exact) mass is 257 g/mol. The van der Waals surface area contributed by atoms with Gasteiger partial charge in [0.1, 0.15) is 12.4 Å². The van der Waals surface area contributed by atoms with Crippen molar-refractivity contribution in [2.45, 2.75) is 13.0 Å². The first-order valence-electron chi connectivity index (χ1n) is 5.51. The fourth-order valence-corrected chi connectivity index (χ4v) is 1.81. The van der Waals surface area contributed by atoms with Crippen molar-refractivity contribution >= 4 is 9.84 Å². The molecule has 1 unspecified atom stereocenters.